The molecule has 0 unspecified atom stereocenters. The van der Waals surface area contributed by atoms with Crippen molar-refractivity contribution in [1.82, 2.24) is 9.80 Å². The fourth-order valence-corrected chi connectivity index (χ4v) is 3.57. The summed E-state index contributed by atoms with van der Waals surface area (Å²) in [5, 5.41) is 14.8. The highest BCUT2D eigenvalue weighted by atomic mass is 16.5. The number of aliphatic carboxylic acids is 2. The molecule has 32 heavy (non-hydrogen) atoms. The first-order chi connectivity index (χ1) is 15.4. The van der Waals surface area contributed by atoms with Crippen molar-refractivity contribution in [2.45, 2.75) is 19.4 Å². The molecule has 0 atom stereocenters. The Hall–Kier alpha value is -3.10. The number of carbonyl (C=O) groups is 2. The summed E-state index contributed by atoms with van der Waals surface area (Å²) >= 11 is 0. The van der Waals surface area contributed by atoms with Crippen LogP contribution in [0.3, 0.4) is 0 Å². The summed E-state index contributed by atoms with van der Waals surface area (Å²) in [7, 11) is 3.44. The van der Waals surface area contributed by atoms with Crippen LogP contribution in [0.1, 0.15) is 17.5 Å². The molecular weight excluding hydrogens is 412 g/mol. The van der Waals surface area contributed by atoms with E-state index >= 15 is 0 Å². The monoisotopic (exact) mass is 444 g/mol. The molecule has 8 heteroatoms. The number of hydrogen-bond acceptors (Lipinski definition) is 6. The molecule has 0 spiro atoms. The molecule has 3 rings (SSSR count). The zero-order valence-electron chi connectivity index (χ0n) is 18.7. The van der Waals surface area contributed by atoms with Gasteiger partial charge in [-0.05, 0) is 43.1 Å². The van der Waals surface area contributed by atoms with Crippen molar-refractivity contribution < 1.29 is 29.3 Å². The van der Waals surface area contributed by atoms with E-state index in [0.29, 0.717) is 0 Å². The van der Waals surface area contributed by atoms with E-state index in [0.717, 1.165) is 44.2 Å². The van der Waals surface area contributed by atoms with Gasteiger partial charge in [0.25, 0.3) is 0 Å². The van der Waals surface area contributed by atoms with Gasteiger partial charge in [-0.1, -0.05) is 30.3 Å². The summed E-state index contributed by atoms with van der Waals surface area (Å²) in [4.78, 5) is 23.3. The second-order valence-corrected chi connectivity index (χ2v) is 7.50. The molecule has 0 saturated carbocycles. The van der Waals surface area contributed by atoms with E-state index in [1.807, 2.05) is 12.1 Å². The minimum absolute atomic E-state index is 0.889. The molecule has 0 radical (unpaired) electrons. The summed E-state index contributed by atoms with van der Waals surface area (Å²) in [6, 6.07) is 16.8. The van der Waals surface area contributed by atoms with E-state index in [1.54, 1.807) is 14.2 Å². The van der Waals surface area contributed by atoms with E-state index in [-0.39, 0.29) is 0 Å². The van der Waals surface area contributed by atoms with Crippen LogP contribution in [-0.2, 0) is 22.6 Å². The first kappa shape index (κ1) is 25.2. The molecule has 1 saturated heterocycles. The summed E-state index contributed by atoms with van der Waals surface area (Å²) in [6.07, 6.45) is 2.40. The van der Waals surface area contributed by atoms with Gasteiger partial charge in [-0.25, -0.2) is 9.59 Å². The van der Waals surface area contributed by atoms with Gasteiger partial charge in [-0.15, -0.1) is 0 Å². The van der Waals surface area contributed by atoms with Crippen LogP contribution >= 0.6 is 0 Å². The lowest BCUT2D eigenvalue weighted by atomic mass is 10.1. The lowest BCUT2D eigenvalue weighted by molar-refractivity contribution is -0.159. The maximum absolute atomic E-state index is 9.10. The number of methoxy groups -OCH3 is 2. The number of aryl methyl sites for hydroxylation is 1. The molecular formula is C24H32N2O6. The molecule has 174 valence electrons. The highest BCUT2D eigenvalue weighted by Crippen LogP contribution is 2.25. The molecule has 1 aliphatic rings. The van der Waals surface area contributed by atoms with Crippen LogP contribution in [0.2, 0.25) is 0 Å². The van der Waals surface area contributed by atoms with Crippen LogP contribution in [0.25, 0.3) is 0 Å². The molecule has 8 nitrogen and oxygen atoms in total. The van der Waals surface area contributed by atoms with Gasteiger partial charge in [0.05, 0.1) is 14.2 Å². The number of carboxylic acid groups (broad SMARTS) is 2. The SMILES string of the molecule is COc1ccc(OC)c(CN2CCN(CCCc3ccccc3)CC2)c1.O=C(O)C(=O)O. The van der Waals surface area contributed by atoms with Crippen molar-refractivity contribution in [3.05, 3.63) is 59.7 Å². The molecule has 2 aromatic carbocycles. The molecule has 1 heterocycles. The number of nitrogens with zero attached hydrogens (tertiary/aromatic N) is 2. The molecule has 0 aliphatic carbocycles. The van der Waals surface area contributed by atoms with Crippen LogP contribution in [-0.4, -0.2) is 78.9 Å². The van der Waals surface area contributed by atoms with Crippen molar-refractivity contribution in [2.24, 2.45) is 0 Å². The number of carboxylic acids is 2. The Balaban J connectivity index is 0.000000534. The normalized spacial score (nSPS) is 14.2. The van der Waals surface area contributed by atoms with Gasteiger partial charge in [0, 0.05) is 38.3 Å². The van der Waals surface area contributed by atoms with Crippen LogP contribution < -0.4 is 9.47 Å². The van der Waals surface area contributed by atoms with Crippen LogP contribution in [0.4, 0.5) is 0 Å². The van der Waals surface area contributed by atoms with Crippen molar-refractivity contribution in [2.75, 3.05) is 46.9 Å². The molecule has 1 aliphatic heterocycles. The smallest absolute Gasteiger partial charge is 0.414 e. The van der Waals surface area contributed by atoms with E-state index in [1.165, 1.54) is 30.5 Å². The number of benzene rings is 2. The van der Waals surface area contributed by atoms with Crippen molar-refractivity contribution >= 4 is 11.9 Å². The zero-order chi connectivity index (χ0) is 23.3. The van der Waals surface area contributed by atoms with Crippen LogP contribution in [0.5, 0.6) is 11.5 Å². The van der Waals surface area contributed by atoms with Gasteiger partial charge < -0.3 is 24.6 Å². The predicted molar refractivity (Wildman–Crippen MR) is 121 cm³/mol. The summed E-state index contributed by atoms with van der Waals surface area (Å²) in [5.41, 5.74) is 2.64. The first-order valence-corrected chi connectivity index (χ1v) is 10.6. The number of piperazine rings is 1. The Morgan fingerprint density at radius 1 is 0.875 bits per heavy atom. The van der Waals surface area contributed by atoms with Crippen molar-refractivity contribution in [3.63, 3.8) is 0 Å². The zero-order valence-corrected chi connectivity index (χ0v) is 18.7. The standard InChI is InChI=1S/C22H30N2O2.C2H2O4/c1-25-21-10-11-22(26-2)20(17-21)18-24-15-13-23(14-16-24)12-6-9-19-7-4-3-5-8-19;3-1(4)2(5)6/h3-5,7-8,10-11,17H,6,9,12-16,18H2,1-2H3;(H,3,4)(H,5,6). The van der Waals surface area contributed by atoms with Crippen molar-refractivity contribution in [1.29, 1.82) is 0 Å². The Morgan fingerprint density at radius 2 is 1.50 bits per heavy atom. The largest absolute Gasteiger partial charge is 0.497 e. The minimum atomic E-state index is -1.82. The average Bonchev–Trinajstić information content (AvgIpc) is 2.81. The van der Waals surface area contributed by atoms with E-state index < -0.39 is 11.9 Å². The Kier molecular flexibility index (Phi) is 10.5. The topological polar surface area (TPSA) is 99.5 Å². The van der Waals surface area contributed by atoms with Gasteiger partial charge in [0.2, 0.25) is 0 Å². The van der Waals surface area contributed by atoms with Crippen LogP contribution in [0, 0.1) is 0 Å². The third kappa shape index (κ3) is 8.56. The van der Waals surface area contributed by atoms with Gasteiger partial charge in [0.15, 0.2) is 0 Å². The lowest BCUT2D eigenvalue weighted by Gasteiger charge is -2.35. The molecule has 1 fully saturated rings. The van der Waals surface area contributed by atoms with Crippen LogP contribution in [0.15, 0.2) is 48.5 Å². The number of hydrogen-bond donors (Lipinski definition) is 2. The second kappa shape index (κ2) is 13.3. The van der Waals surface area contributed by atoms with E-state index in [4.69, 9.17) is 29.3 Å². The molecule has 0 amide bonds. The second-order valence-electron chi connectivity index (χ2n) is 7.50. The van der Waals surface area contributed by atoms with E-state index in [2.05, 4.69) is 46.2 Å². The summed E-state index contributed by atoms with van der Waals surface area (Å²) in [6.45, 7) is 6.59. The number of ether oxygens (including phenoxy) is 2. The van der Waals surface area contributed by atoms with Gasteiger partial charge in [0.1, 0.15) is 11.5 Å². The summed E-state index contributed by atoms with van der Waals surface area (Å²) < 4.78 is 10.9. The molecule has 0 aromatic heterocycles. The fourth-order valence-electron chi connectivity index (χ4n) is 3.57. The number of rotatable bonds is 8. The third-order valence-electron chi connectivity index (χ3n) is 5.31. The minimum Gasteiger partial charge on any atom is -0.497 e. The first-order valence-electron chi connectivity index (χ1n) is 10.6. The van der Waals surface area contributed by atoms with Gasteiger partial charge in [-0.2, -0.15) is 0 Å². The van der Waals surface area contributed by atoms with E-state index in [9.17, 15) is 0 Å². The van der Waals surface area contributed by atoms with Crippen molar-refractivity contribution in [3.8, 4) is 11.5 Å². The Labute approximate surface area is 189 Å². The third-order valence-corrected chi connectivity index (χ3v) is 5.31. The quantitative estimate of drug-likeness (QED) is 0.600. The predicted octanol–water partition coefficient (Wildman–Crippen LogP) is 2.61. The Morgan fingerprint density at radius 3 is 2.06 bits per heavy atom. The molecule has 2 aromatic rings. The fraction of sp³-hybridized carbons (Fsp3) is 0.417. The van der Waals surface area contributed by atoms with Gasteiger partial charge >= 0.3 is 11.9 Å². The lowest BCUT2D eigenvalue weighted by Crippen LogP contribution is -2.46. The summed E-state index contributed by atoms with van der Waals surface area (Å²) in [5.74, 6) is -1.82. The average molecular weight is 445 g/mol. The molecule has 2 N–H and O–H groups in total. The van der Waals surface area contributed by atoms with Gasteiger partial charge in [-0.3, -0.25) is 4.90 Å². The Bertz CT molecular complexity index is 839. The maximum Gasteiger partial charge on any atom is 0.414 e. The maximum atomic E-state index is 9.10. The molecule has 0 bridgehead atoms. The highest BCUT2D eigenvalue weighted by molar-refractivity contribution is 6.27. The highest BCUT2D eigenvalue weighted by Gasteiger charge is 2.18.